The van der Waals surface area contributed by atoms with E-state index in [2.05, 4.69) is 47.6 Å². The predicted molar refractivity (Wildman–Crippen MR) is 75.2 cm³/mol. The van der Waals surface area contributed by atoms with Crippen molar-refractivity contribution in [1.29, 1.82) is 0 Å². The van der Waals surface area contributed by atoms with Crippen LogP contribution in [0.1, 0.15) is 25.3 Å². The lowest BCUT2D eigenvalue weighted by molar-refractivity contribution is 0.589. The lowest BCUT2D eigenvalue weighted by Crippen LogP contribution is -2.43. The molecule has 3 nitrogen and oxygen atoms in total. The molecule has 17 heavy (non-hydrogen) atoms. The van der Waals surface area contributed by atoms with E-state index in [1.54, 1.807) is 0 Å². The van der Waals surface area contributed by atoms with Gasteiger partial charge in [0.15, 0.2) is 0 Å². The highest BCUT2D eigenvalue weighted by atomic mass is 15.2. The Morgan fingerprint density at radius 1 is 1.24 bits per heavy atom. The second-order valence-electron chi connectivity index (χ2n) is 4.92. The van der Waals surface area contributed by atoms with Crippen LogP contribution >= 0.6 is 0 Å². The van der Waals surface area contributed by atoms with E-state index in [9.17, 15) is 0 Å². The maximum atomic E-state index is 3.39. The highest BCUT2D eigenvalue weighted by Gasteiger charge is 2.14. The molecule has 0 saturated carbocycles. The molecule has 0 unspecified atom stereocenters. The Bertz CT molecular complexity index is 368. The van der Waals surface area contributed by atoms with Crippen LogP contribution in [0.2, 0.25) is 0 Å². The summed E-state index contributed by atoms with van der Waals surface area (Å²) >= 11 is 0. The minimum Gasteiger partial charge on any atom is -0.386 e. The van der Waals surface area contributed by atoms with Crippen LogP contribution in [0.4, 0.5) is 11.4 Å². The fourth-order valence-electron chi connectivity index (χ4n) is 2.29. The number of hydrogen-bond acceptors (Lipinski definition) is 3. The van der Waals surface area contributed by atoms with Crippen molar-refractivity contribution in [1.82, 2.24) is 5.32 Å². The van der Waals surface area contributed by atoms with Gasteiger partial charge in [0.05, 0.1) is 11.4 Å². The first-order chi connectivity index (χ1) is 8.22. The van der Waals surface area contributed by atoms with Crippen molar-refractivity contribution < 1.29 is 0 Å². The average Bonchev–Trinajstić information content (AvgIpc) is 2.39. The Hall–Kier alpha value is -1.22. The van der Waals surface area contributed by atoms with Gasteiger partial charge in [0, 0.05) is 33.2 Å². The molecule has 1 saturated heterocycles. The van der Waals surface area contributed by atoms with Crippen LogP contribution in [-0.2, 0) is 0 Å². The first kappa shape index (κ1) is 12.2. The van der Waals surface area contributed by atoms with Gasteiger partial charge in [-0.3, -0.25) is 0 Å². The van der Waals surface area contributed by atoms with Crippen molar-refractivity contribution in [3.8, 4) is 0 Å². The summed E-state index contributed by atoms with van der Waals surface area (Å²) in [4.78, 5) is 2.45. The van der Waals surface area contributed by atoms with Crippen molar-refractivity contribution >= 4 is 11.4 Å². The van der Waals surface area contributed by atoms with E-state index in [-0.39, 0.29) is 0 Å². The molecule has 0 bridgehead atoms. The zero-order chi connectivity index (χ0) is 12.3. The number of benzene rings is 1. The molecular formula is C14H23N3. The highest BCUT2D eigenvalue weighted by molar-refractivity contribution is 5.71. The van der Waals surface area contributed by atoms with Gasteiger partial charge in [-0.25, -0.2) is 0 Å². The highest BCUT2D eigenvalue weighted by Crippen LogP contribution is 2.29. The minimum absolute atomic E-state index is 0.583. The molecule has 2 N–H and O–H groups in total. The average molecular weight is 233 g/mol. The molecule has 0 spiro atoms. The van der Waals surface area contributed by atoms with Gasteiger partial charge in [-0.05, 0) is 23.6 Å². The quantitative estimate of drug-likeness (QED) is 0.838. The zero-order valence-electron chi connectivity index (χ0n) is 11.1. The second kappa shape index (κ2) is 5.41. The van der Waals surface area contributed by atoms with Crippen LogP contribution in [-0.4, -0.2) is 33.2 Å². The molecule has 1 aromatic rings. The minimum atomic E-state index is 0.583. The van der Waals surface area contributed by atoms with Crippen LogP contribution in [0.3, 0.4) is 0 Å². The molecule has 0 radical (unpaired) electrons. The summed E-state index contributed by atoms with van der Waals surface area (Å²) in [6.07, 6.45) is 0. The van der Waals surface area contributed by atoms with Gasteiger partial charge in [-0.15, -0.1) is 0 Å². The molecule has 0 amide bonds. The summed E-state index contributed by atoms with van der Waals surface area (Å²) in [5.41, 5.74) is 3.98. The zero-order valence-corrected chi connectivity index (χ0v) is 11.1. The number of rotatable bonds is 3. The fourth-order valence-corrected chi connectivity index (χ4v) is 2.29. The van der Waals surface area contributed by atoms with Gasteiger partial charge < -0.3 is 15.5 Å². The normalized spacial score (nSPS) is 16.4. The molecule has 1 aliphatic heterocycles. The maximum absolute atomic E-state index is 3.39. The van der Waals surface area contributed by atoms with E-state index in [4.69, 9.17) is 0 Å². The van der Waals surface area contributed by atoms with Crippen LogP contribution < -0.4 is 15.5 Å². The van der Waals surface area contributed by atoms with Crippen LogP contribution in [0.15, 0.2) is 18.2 Å². The number of nitrogens with one attached hydrogen (secondary N) is 2. The van der Waals surface area contributed by atoms with E-state index in [1.165, 1.54) is 16.9 Å². The molecule has 94 valence electrons. The van der Waals surface area contributed by atoms with Crippen molar-refractivity contribution in [3.63, 3.8) is 0 Å². The largest absolute Gasteiger partial charge is 0.386 e. The molecule has 1 heterocycles. The number of nitrogens with zero attached hydrogens (tertiary/aromatic N) is 1. The summed E-state index contributed by atoms with van der Waals surface area (Å²) in [5, 5.41) is 6.72. The van der Waals surface area contributed by atoms with Gasteiger partial charge >= 0.3 is 0 Å². The van der Waals surface area contributed by atoms with Crippen LogP contribution in [0, 0.1) is 0 Å². The Balaban J connectivity index is 2.26. The molecule has 1 fully saturated rings. The first-order valence-electron chi connectivity index (χ1n) is 6.49. The van der Waals surface area contributed by atoms with Crippen molar-refractivity contribution in [2.75, 3.05) is 43.4 Å². The molecule has 3 heteroatoms. The summed E-state index contributed by atoms with van der Waals surface area (Å²) in [7, 11) is 2.01. The molecule has 1 aliphatic rings. The number of hydrogen-bond donors (Lipinski definition) is 2. The topological polar surface area (TPSA) is 27.3 Å². The summed E-state index contributed by atoms with van der Waals surface area (Å²) in [6, 6.07) is 6.79. The third kappa shape index (κ3) is 2.72. The van der Waals surface area contributed by atoms with E-state index in [1.807, 2.05) is 7.05 Å². The second-order valence-corrected chi connectivity index (χ2v) is 4.92. The summed E-state index contributed by atoms with van der Waals surface area (Å²) in [5.74, 6) is 0.583. The van der Waals surface area contributed by atoms with E-state index >= 15 is 0 Å². The van der Waals surface area contributed by atoms with Gasteiger partial charge in [0.25, 0.3) is 0 Å². The lowest BCUT2D eigenvalue weighted by Gasteiger charge is -2.31. The van der Waals surface area contributed by atoms with E-state index in [0.717, 1.165) is 26.2 Å². The van der Waals surface area contributed by atoms with Crippen molar-refractivity contribution in [3.05, 3.63) is 23.8 Å². The molecular weight excluding hydrogens is 210 g/mol. The van der Waals surface area contributed by atoms with Gasteiger partial charge in [0.2, 0.25) is 0 Å². The Morgan fingerprint density at radius 2 is 1.94 bits per heavy atom. The first-order valence-corrected chi connectivity index (χ1v) is 6.49. The van der Waals surface area contributed by atoms with Crippen molar-refractivity contribution in [2.45, 2.75) is 19.8 Å². The summed E-state index contributed by atoms with van der Waals surface area (Å²) < 4.78 is 0. The third-order valence-corrected chi connectivity index (χ3v) is 3.41. The SMILES string of the molecule is CNc1cc(C(C)C)ccc1N1CCNCC1. The smallest absolute Gasteiger partial charge is 0.0603 e. The van der Waals surface area contributed by atoms with Crippen LogP contribution in [0.5, 0.6) is 0 Å². The monoisotopic (exact) mass is 233 g/mol. The Kier molecular flexibility index (Phi) is 3.89. The fraction of sp³-hybridized carbons (Fsp3) is 0.571. The van der Waals surface area contributed by atoms with E-state index < -0.39 is 0 Å². The molecule has 2 rings (SSSR count). The number of piperazine rings is 1. The Morgan fingerprint density at radius 3 is 2.53 bits per heavy atom. The molecule has 1 aromatic carbocycles. The molecule has 0 aliphatic carbocycles. The van der Waals surface area contributed by atoms with E-state index in [0.29, 0.717) is 5.92 Å². The number of anilines is 2. The van der Waals surface area contributed by atoms with Gasteiger partial charge in [-0.1, -0.05) is 19.9 Å². The third-order valence-electron chi connectivity index (χ3n) is 3.41. The summed E-state index contributed by atoms with van der Waals surface area (Å²) in [6.45, 7) is 8.81. The van der Waals surface area contributed by atoms with Gasteiger partial charge in [0.1, 0.15) is 0 Å². The maximum Gasteiger partial charge on any atom is 0.0603 e. The molecule has 0 aromatic heterocycles. The van der Waals surface area contributed by atoms with Crippen molar-refractivity contribution in [2.24, 2.45) is 0 Å². The lowest BCUT2D eigenvalue weighted by atomic mass is 10.0. The van der Waals surface area contributed by atoms with Gasteiger partial charge in [-0.2, -0.15) is 0 Å². The molecule has 0 atom stereocenters. The predicted octanol–water partition coefficient (Wildman–Crippen LogP) is 2.26. The Labute approximate surface area is 104 Å². The van der Waals surface area contributed by atoms with Crippen LogP contribution in [0.25, 0.3) is 0 Å². The standard InChI is InChI=1S/C14H23N3/c1-11(2)12-4-5-14(13(10-12)15-3)17-8-6-16-7-9-17/h4-5,10-11,15-16H,6-9H2,1-3H3.